The Labute approximate surface area is 174 Å². The Hall–Kier alpha value is -1.06. The second-order valence-electron chi connectivity index (χ2n) is 6.76. The maximum absolute atomic E-state index is 5.38. The number of ether oxygens (including phenoxy) is 1. The lowest BCUT2D eigenvalue weighted by Gasteiger charge is -2.29. The summed E-state index contributed by atoms with van der Waals surface area (Å²) >= 11 is 0. The number of halogens is 1. The molecule has 0 saturated carbocycles. The van der Waals surface area contributed by atoms with Crippen molar-refractivity contribution in [1.29, 1.82) is 0 Å². The fourth-order valence-electron chi connectivity index (χ4n) is 3.55. The Morgan fingerprint density at radius 2 is 1.96 bits per heavy atom. The average Bonchev–Trinajstić information content (AvgIpc) is 3.09. The largest absolute Gasteiger partial charge is 0.379 e. The molecule has 2 aliphatic heterocycles. The van der Waals surface area contributed by atoms with Crippen molar-refractivity contribution in [3.8, 4) is 0 Å². The molecule has 1 unspecified atom stereocenters. The molecule has 7 heteroatoms. The topological polar surface area (TPSA) is 52.1 Å². The number of nitrogens with one attached hydrogen (secondary N) is 2. The summed E-state index contributed by atoms with van der Waals surface area (Å²) < 4.78 is 5.38. The molecular weight excluding hydrogens is 441 g/mol. The lowest BCUT2D eigenvalue weighted by molar-refractivity contribution is 0.0389. The quantitative estimate of drug-likeness (QED) is 0.373. The van der Waals surface area contributed by atoms with E-state index in [1.807, 2.05) is 7.05 Å². The molecule has 1 atom stereocenters. The molecule has 26 heavy (non-hydrogen) atoms. The number of para-hydroxylation sites is 1. The van der Waals surface area contributed by atoms with Gasteiger partial charge in [0.2, 0.25) is 0 Å². The average molecular weight is 473 g/mol. The van der Waals surface area contributed by atoms with Crippen molar-refractivity contribution in [2.24, 2.45) is 4.99 Å². The first-order valence-electron chi connectivity index (χ1n) is 9.37. The number of benzene rings is 1. The number of morpholine rings is 1. The monoisotopic (exact) mass is 473 g/mol. The van der Waals surface area contributed by atoms with Crippen LogP contribution >= 0.6 is 24.0 Å². The molecule has 0 aromatic heterocycles. The fourth-order valence-corrected chi connectivity index (χ4v) is 3.55. The van der Waals surface area contributed by atoms with Gasteiger partial charge in [-0.1, -0.05) is 18.2 Å². The number of nitrogens with zero attached hydrogens (tertiary/aromatic N) is 3. The van der Waals surface area contributed by atoms with Crippen molar-refractivity contribution in [3.05, 3.63) is 29.8 Å². The van der Waals surface area contributed by atoms with Gasteiger partial charge in [0.25, 0.3) is 0 Å². The Bertz CT molecular complexity index is 577. The van der Waals surface area contributed by atoms with Gasteiger partial charge in [0.15, 0.2) is 5.96 Å². The van der Waals surface area contributed by atoms with Gasteiger partial charge in [-0.15, -0.1) is 24.0 Å². The van der Waals surface area contributed by atoms with E-state index >= 15 is 0 Å². The van der Waals surface area contributed by atoms with Gasteiger partial charge in [-0.3, -0.25) is 9.89 Å². The maximum atomic E-state index is 5.38. The molecular formula is C19H32IN5O. The van der Waals surface area contributed by atoms with Crippen LogP contribution in [0, 0.1) is 0 Å². The second-order valence-corrected chi connectivity index (χ2v) is 6.76. The Morgan fingerprint density at radius 1 is 1.19 bits per heavy atom. The van der Waals surface area contributed by atoms with Gasteiger partial charge < -0.3 is 20.3 Å². The van der Waals surface area contributed by atoms with Crippen LogP contribution in [0.5, 0.6) is 0 Å². The van der Waals surface area contributed by atoms with E-state index in [1.165, 1.54) is 11.3 Å². The first-order chi connectivity index (χ1) is 12.3. The SMILES string of the molecule is CN=C(NCCN1CCOCC1)NCC(C)N1CCc2ccccc21.I. The standard InChI is InChI=1S/C19H31N5O.HI/c1-16(24-9-7-17-5-3-4-6-18(17)24)15-22-19(20-2)21-8-10-23-11-13-25-14-12-23;/h3-6,16H,7-15H2,1-2H3,(H2,20,21,22);1H. The highest BCUT2D eigenvalue weighted by molar-refractivity contribution is 14.0. The fraction of sp³-hybridized carbons (Fsp3) is 0.632. The molecule has 6 nitrogen and oxygen atoms in total. The number of guanidine groups is 1. The molecule has 0 spiro atoms. The highest BCUT2D eigenvalue weighted by atomic mass is 127. The minimum atomic E-state index is 0. The highest BCUT2D eigenvalue weighted by Gasteiger charge is 2.22. The summed E-state index contributed by atoms with van der Waals surface area (Å²) in [5.74, 6) is 0.882. The van der Waals surface area contributed by atoms with E-state index < -0.39 is 0 Å². The predicted octanol–water partition coefficient (Wildman–Crippen LogP) is 1.55. The molecule has 1 fully saturated rings. The first-order valence-corrected chi connectivity index (χ1v) is 9.37. The van der Waals surface area contributed by atoms with Crippen LogP contribution < -0.4 is 15.5 Å². The number of hydrogen-bond donors (Lipinski definition) is 2. The van der Waals surface area contributed by atoms with Crippen LogP contribution in [0.3, 0.4) is 0 Å². The summed E-state index contributed by atoms with van der Waals surface area (Å²) in [4.78, 5) is 9.26. The van der Waals surface area contributed by atoms with Crippen LogP contribution in [0.25, 0.3) is 0 Å². The van der Waals surface area contributed by atoms with E-state index in [2.05, 4.69) is 56.6 Å². The third-order valence-corrected chi connectivity index (χ3v) is 5.07. The highest BCUT2D eigenvalue weighted by Crippen LogP contribution is 2.28. The second kappa shape index (κ2) is 10.9. The van der Waals surface area contributed by atoms with Gasteiger partial charge in [0.1, 0.15) is 0 Å². The zero-order valence-corrected chi connectivity index (χ0v) is 18.2. The van der Waals surface area contributed by atoms with Crippen LogP contribution in [-0.2, 0) is 11.2 Å². The Kier molecular flexibility index (Phi) is 8.94. The molecule has 2 N–H and O–H groups in total. The van der Waals surface area contributed by atoms with Crippen LogP contribution in [0.1, 0.15) is 12.5 Å². The number of aliphatic imine (C=N–C) groups is 1. The normalized spacial score (nSPS) is 18.8. The van der Waals surface area contributed by atoms with Gasteiger partial charge in [0, 0.05) is 58.0 Å². The minimum Gasteiger partial charge on any atom is -0.379 e. The molecule has 1 saturated heterocycles. The molecule has 0 aliphatic carbocycles. The third-order valence-electron chi connectivity index (χ3n) is 5.07. The number of anilines is 1. The summed E-state index contributed by atoms with van der Waals surface area (Å²) in [5.41, 5.74) is 2.84. The smallest absolute Gasteiger partial charge is 0.191 e. The van der Waals surface area contributed by atoms with Crippen molar-refractivity contribution in [3.63, 3.8) is 0 Å². The van der Waals surface area contributed by atoms with Crippen molar-refractivity contribution in [1.82, 2.24) is 15.5 Å². The van der Waals surface area contributed by atoms with Crippen LogP contribution in [0.4, 0.5) is 5.69 Å². The zero-order valence-electron chi connectivity index (χ0n) is 15.9. The lowest BCUT2D eigenvalue weighted by Crippen LogP contribution is -2.48. The molecule has 1 aromatic carbocycles. The Morgan fingerprint density at radius 3 is 2.73 bits per heavy atom. The summed E-state index contributed by atoms with van der Waals surface area (Å²) in [6, 6.07) is 9.16. The summed E-state index contributed by atoms with van der Waals surface area (Å²) in [5, 5.41) is 6.89. The maximum Gasteiger partial charge on any atom is 0.191 e. The van der Waals surface area contributed by atoms with Gasteiger partial charge in [-0.25, -0.2) is 0 Å². The molecule has 0 amide bonds. The molecule has 2 aliphatic rings. The Balaban J connectivity index is 0.00000243. The third kappa shape index (κ3) is 5.72. The molecule has 1 aromatic rings. The van der Waals surface area contributed by atoms with Gasteiger partial charge in [0.05, 0.1) is 13.2 Å². The lowest BCUT2D eigenvalue weighted by atomic mass is 10.2. The van der Waals surface area contributed by atoms with Crippen molar-refractivity contribution >= 4 is 35.6 Å². The first kappa shape index (κ1) is 21.2. The summed E-state index contributed by atoms with van der Waals surface area (Å²) in [6.45, 7) is 9.94. The molecule has 0 radical (unpaired) electrons. The molecule has 3 rings (SSSR count). The van der Waals surface area contributed by atoms with E-state index in [-0.39, 0.29) is 24.0 Å². The number of fused-ring (bicyclic) bond motifs is 1. The van der Waals surface area contributed by atoms with E-state index in [9.17, 15) is 0 Å². The van der Waals surface area contributed by atoms with E-state index in [4.69, 9.17) is 4.74 Å². The number of hydrogen-bond acceptors (Lipinski definition) is 4. The molecule has 146 valence electrons. The summed E-state index contributed by atoms with van der Waals surface area (Å²) in [7, 11) is 1.83. The molecule has 2 heterocycles. The molecule has 0 bridgehead atoms. The van der Waals surface area contributed by atoms with E-state index in [0.29, 0.717) is 6.04 Å². The van der Waals surface area contributed by atoms with Crippen LogP contribution in [-0.4, -0.2) is 76.4 Å². The predicted molar refractivity (Wildman–Crippen MR) is 119 cm³/mol. The van der Waals surface area contributed by atoms with Crippen LogP contribution in [0.15, 0.2) is 29.3 Å². The van der Waals surface area contributed by atoms with Crippen molar-refractivity contribution < 1.29 is 4.74 Å². The number of rotatable bonds is 6. The van der Waals surface area contributed by atoms with E-state index in [0.717, 1.165) is 64.9 Å². The zero-order chi connectivity index (χ0) is 17.5. The minimum absolute atomic E-state index is 0. The van der Waals surface area contributed by atoms with Gasteiger partial charge >= 0.3 is 0 Å². The van der Waals surface area contributed by atoms with E-state index in [1.54, 1.807) is 0 Å². The van der Waals surface area contributed by atoms with Crippen molar-refractivity contribution in [2.75, 3.05) is 64.4 Å². The van der Waals surface area contributed by atoms with Gasteiger partial charge in [-0.05, 0) is 25.0 Å². The van der Waals surface area contributed by atoms with Crippen molar-refractivity contribution in [2.45, 2.75) is 19.4 Å². The van der Waals surface area contributed by atoms with Gasteiger partial charge in [-0.2, -0.15) is 0 Å². The van der Waals surface area contributed by atoms with Crippen LogP contribution in [0.2, 0.25) is 0 Å². The summed E-state index contributed by atoms with van der Waals surface area (Å²) in [6.07, 6.45) is 1.15.